The molecular weight excluding hydrogens is 314 g/mol. The van der Waals surface area contributed by atoms with Crippen molar-refractivity contribution in [2.45, 2.75) is 24.3 Å². The molecule has 0 bridgehead atoms. The van der Waals surface area contributed by atoms with Crippen molar-refractivity contribution in [2.75, 3.05) is 19.0 Å². The van der Waals surface area contributed by atoms with Crippen LogP contribution in [0.2, 0.25) is 0 Å². The van der Waals surface area contributed by atoms with Gasteiger partial charge in [-0.1, -0.05) is 0 Å². The number of furan rings is 1. The van der Waals surface area contributed by atoms with Crippen LogP contribution in [0, 0.1) is 0 Å². The van der Waals surface area contributed by atoms with Crippen LogP contribution in [0.15, 0.2) is 45.9 Å². The number of hydrogen-bond acceptors (Lipinski definition) is 5. The number of amides is 1. The molecule has 5 nitrogen and oxygen atoms in total. The summed E-state index contributed by atoms with van der Waals surface area (Å²) in [6.07, 6.45) is 2.48. The Morgan fingerprint density at radius 1 is 1.26 bits per heavy atom. The molecule has 0 fully saturated rings. The first-order valence-corrected chi connectivity index (χ1v) is 8.56. The summed E-state index contributed by atoms with van der Waals surface area (Å²) < 4.78 is 16.5. The summed E-state index contributed by atoms with van der Waals surface area (Å²) >= 11 is 1.47. The van der Waals surface area contributed by atoms with Gasteiger partial charge in [-0.05, 0) is 37.3 Å². The molecule has 0 radical (unpaired) electrons. The molecular formula is C17H19NO4S. The van der Waals surface area contributed by atoms with Crippen LogP contribution < -0.4 is 14.8 Å². The molecule has 1 unspecified atom stereocenters. The summed E-state index contributed by atoms with van der Waals surface area (Å²) in [5, 5.41) is 2.92. The van der Waals surface area contributed by atoms with Crippen LogP contribution in [0.5, 0.6) is 11.5 Å². The zero-order valence-corrected chi connectivity index (χ0v) is 13.7. The fourth-order valence-electron chi connectivity index (χ4n) is 2.27. The number of hydrogen-bond donors (Lipinski definition) is 1. The third-order valence-corrected chi connectivity index (χ3v) is 4.43. The lowest BCUT2D eigenvalue weighted by molar-refractivity contribution is -0.119. The zero-order chi connectivity index (χ0) is 16.1. The molecule has 0 aliphatic carbocycles. The Morgan fingerprint density at radius 3 is 2.87 bits per heavy atom. The summed E-state index contributed by atoms with van der Waals surface area (Å²) in [7, 11) is 0. The third-order valence-electron chi connectivity index (χ3n) is 3.44. The molecule has 3 rings (SSSR count). The average Bonchev–Trinajstić information content (AvgIpc) is 2.99. The number of benzene rings is 1. The quantitative estimate of drug-likeness (QED) is 0.850. The second-order valence-corrected chi connectivity index (χ2v) is 6.30. The van der Waals surface area contributed by atoms with Crippen LogP contribution in [-0.4, -0.2) is 24.9 Å². The van der Waals surface area contributed by atoms with Crippen LogP contribution in [0.4, 0.5) is 0 Å². The van der Waals surface area contributed by atoms with Gasteiger partial charge in [0, 0.05) is 11.3 Å². The predicted molar refractivity (Wildman–Crippen MR) is 88.0 cm³/mol. The van der Waals surface area contributed by atoms with E-state index < -0.39 is 0 Å². The number of carbonyl (C=O) groups excluding carboxylic acids is 1. The summed E-state index contributed by atoms with van der Waals surface area (Å²) in [6.45, 7) is 3.23. The van der Waals surface area contributed by atoms with Gasteiger partial charge < -0.3 is 19.2 Å². The molecule has 1 aromatic heterocycles. The maximum Gasteiger partial charge on any atom is 0.230 e. The van der Waals surface area contributed by atoms with E-state index in [9.17, 15) is 4.79 Å². The van der Waals surface area contributed by atoms with E-state index in [0.29, 0.717) is 19.0 Å². The van der Waals surface area contributed by atoms with Gasteiger partial charge in [-0.3, -0.25) is 4.79 Å². The van der Waals surface area contributed by atoms with Crippen LogP contribution in [-0.2, 0) is 4.79 Å². The van der Waals surface area contributed by atoms with Gasteiger partial charge in [0.05, 0.1) is 31.3 Å². The lowest BCUT2D eigenvalue weighted by Gasteiger charge is -2.12. The van der Waals surface area contributed by atoms with Gasteiger partial charge in [0.1, 0.15) is 5.76 Å². The first kappa shape index (κ1) is 15.8. The highest BCUT2D eigenvalue weighted by Gasteiger charge is 2.14. The van der Waals surface area contributed by atoms with Crippen molar-refractivity contribution in [1.29, 1.82) is 0 Å². The predicted octanol–water partition coefficient (Wildman–Crippen LogP) is 3.41. The summed E-state index contributed by atoms with van der Waals surface area (Å²) in [6, 6.07) is 9.29. The molecule has 23 heavy (non-hydrogen) atoms. The molecule has 0 spiro atoms. The van der Waals surface area contributed by atoms with Crippen molar-refractivity contribution >= 4 is 17.7 Å². The molecule has 1 atom stereocenters. The number of thioether (sulfide) groups is 1. The highest BCUT2D eigenvalue weighted by molar-refractivity contribution is 8.00. The van der Waals surface area contributed by atoms with Gasteiger partial charge in [-0.25, -0.2) is 0 Å². The first-order chi connectivity index (χ1) is 11.2. The fourth-order valence-corrected chi connectivity index (χ4v) is 3.01. The van der Waals surface area contributed by atoms with E-state index >= 15 is 0 Å². The van der Waals surface area contributed by atoms with Crippen molar-refractivity contribution < 1.29 is 18.7 Å². The maximum absolute atomic E-state index is 12.0. The first-order valence-electron chi connectivity index (χ1n) is 7.57. The Bertz CT molecular complexity index is 657. The molecule has 1 aliphatic rings. The van der Waals surface area contributed by atoms with E-state index in [1.165, 1.54) is 11.8 Å². The van der Waals surface area contributed by atoms with Crippen LogP contribution in [0.25, 0.3) is 0 Å². The van der Waals surface area contributed by atoms with Crippen LogP contribution >= 0.6 is 11.8 Å². The highest BCUT2D eigenvalue weighted by Crippen LogP contribution is 2.33. The minimum atomic E-state index is -0.137. The fraction of sp³-hybridized carbons (Fsp3) is 0.353. The van der Waals surface area contributed by atoms with Crippen molar-refractivity contribution in [3.8, 4) is 11.5 Å². The number of nitrogens with one attached hydrogen (secondary N) is 1. The smallest absolute Gasteiger partial charge is 0.230 e. The lowest BCUT2D eigenvalue weighted by atomic mass is 10.2. The molecule has 0 saturated carbocycles. The van der Waals surface area contributed by atoms with E-state index in [0.717, 1.165) is 28.6 Å². The molecule has 2 heterocycles. The van der Waals surface area contributed by atoms with Crippen molar-refractivity contribution in [3.63, 3.8) is 0 Å². The Morgan fingerprint density at radius 2 is 2.09 bits per heavy atom. The van der Waals surface area contributed by atoms with Crippen molar-refractivity contribution in [2.24, 2.45) is 0 Å². The number of carbonyl (C=O) groups is 1. The number of rotatable bonds is 5. The van der Waals surface area contributed by atoms with Crippen LogP contribution in [0.3, 0.4) is 0 Å². The molecule has 6 heteroatoms. The van der Waals surface area contributed by atoms with E-state index in [2.05, 4.69) is 5.32 Å². The second kappa shape index (κ2) is 7.46. The zero-order valence-electron chi connectivity index (χ0n) is 12.9. The molecule has 1 N–H and O–H groups in total. The summed E-state index contributed by atoms with van der Waals surface area (Å²) in [4.78, 5) is 13.0. The Labute approximate surface area is 139 Å². The molecule has 1 aliphatic heterocycles. The lowest BCUT2D eigenvalue weighted by Crippen LogP contribution is -2.27. The van der Waals surface area contributed by atoms with Gasteiger partial charge in [-0.15, -0.1) is 11.8 Å². The van der Waals surface area contributed by atoms with Gasteiger partial charge >= 0.3 is 0 Å². The molecule has 1 aromatic carbocycles. The van der Waals surface area contributed by atoms with Crippen molar-refractivity contribution in [1.82, 2.24) is 5.32 Å². The van der Waals surface area contributed by atoms with Gasteiger partial charge in [0.15, 0.2) is 11.5 Å². The Hall–Kier alpha value is -2.08. The average molecular weight is 333 g/mol. The normalized spacial score (nSPS) is 14.8. The number of ether oxygens (including phenoxy) is 2. The molecule has 1 amide bonds. The monoisotopic (exact) mass is 333 g/mol. The largest absolute Gasteiger partial charge is 0.490 e. The maximum atomic E-state index is 12.0. The summed E-state index contributed by atoms with van der Waals surface area (Å²) in [5.74, 6) is 2.56. The SMILES string of the molecule is CC(NC(=O)CSc1ccc2c(c1)OCCCO2)c1ccco1. The minimum absolute atomic E-state index is 0.0361. The van der Waals surface area contributed by atoms with E-state index in [-0.39, 0.29) is 11.9 Å². The van der Waals surface area contributed by atoms with E-state index in [1.54, 1.807) is 6.26 Å². The van der Waals surface area contributed by atoms with Gasteiger partial charge in [0.2, 0.25) is 5.91 Å². The number of fused-ring (bicyclic) bond motifs is 1. The van der Waals surface area contributed by atoms with E-state index in [1.807, 2.05) is 37.3 Å². The Balaban J connectivity index is 1.53. The molecule has 0 saturated heterocycles. The van der Waals surface area contributed by atoms with Gasteiger partial charge in [-0.2, -0.15) is 0 Å². The Kier molecular flexibility index (Phi) is 5.12. The molecule has 2 aromatic rings. The van der Waals surface area contributed by atoms with Crippen LogP contribution in [0.1, 0.15) is 25.1 Å². The van der Waals surface area contributed by atoms with E-state index in [4.69, 9.17) is 13.9 Å². The highest BCUT2D eigenvalue weighted by atomic mass is 32.2. The minimum Gasteiger partial charge on any atom is -0.490 e. The second-order valence-electron chi connectivity index (χ2n) is 5.25. The molecule has 122 valence electrons. The standard InChI is InChI=1S/C17H19NO4S/c1-12(14-4-2-7-20-14)18-17(19)11-23-13-5-6-15-16(10-13)22-9-3-8-21-15/h2,4-7,10,12H,3,8-9,11H2,1H3,(H,18,19). The van der Waals surface area contributed by atoms with Gasteiger partial charge in [0.25, 0.3) is 0 Å². The van der Waals surface area contributed by atoms with Crippen molar-refractivity contribution in [3.05, 3.63) is 42.4 Å². The summed E-state index contributed by atoms with van der Waals surface area (Å²) in [5.41, 5.74) is 0. The third kappa shape index (κ3) is 4.22. The topological polar surface area (TPSA) is 60.7 Å².